The largest absolute Gasteiger partial charge is 0.468 e. The topological polar surface area (TPSA) is 72.5 Å². The lowest BCUT2D eigenvalue weighted by Gasteiger charge is -2.10. The van der Waals surface area contributed by atoms with E-state index < -0.39 is 31.5 Å². The zero-order chi connectivity index (χ0) is 14.6. The number of sulfonamides is 1. The highest BCUT2D eigenvalue weighted by Gasteiger charge is 2.22. The summed E-state index contributed by atoms with van der Waals surface area (Å²) in [4.78, 5) is 9.76. The second kappa shape index (κ2) is 6.78. The van der Waals surface area contributed by atoms with Crippen LogP contribution in [-0.2, 0) is 19.6 Å². The Kier molecular flexibility index (Phi) is 5.90. The molecule has 0 fully saturated rings. The molecular weight excluding hydrogens is 409 g/mol. The summed E-state index contributed by atoms with van der Waals surface area (Å²) < 4.78 is 44.2. The van der Waals surface area contributed by atoms with Crippen LogP contribution >= 0.6 is 31.9 Å². The van der Waals surface area contributed by atoms with Crippen molar-refractivity contribution in [3.8, 4) is 0 Å². The van der Waals surface area contributed by atoms with Crippen molar-refractivity contribution in [2.75, 3.05) is 13.7 Å². The van der Waals surface area contributed by atoms with E-state index in [0.29, 0.717) is 4.47 Å². The molecule has 0 saturated heterocycles. The van der Waals surface area contributed by atoms with E-state index in [1.807, 2.05) is 0 Å². The molecule has 0 bridgehead atoms. The van der Waals surface area contributed by atoms with Crippen LogP contribution in [0.2, 0.25) is 0 Å². The number of hydrogen-bond acceptors (Lipinski definition) is 4. The normalized spacial score (nSPS) is 13.1. The number of halogens is 3. The van der Waals surface area contributed by atoms with Gasteiger partial charge in [-0.05, 0) is 18.2 Å². The van der Waals surface area contributed by atoms with Crippen LogP contribution in [0, 0.1) is 5.82 Å². The lowest BCUT2D eigenvalue weighted by Crippen LogP contribution is -2.34. The van der Waals surface area contributed by atoms with Gasteiger partial charge in [0.05, 0.1) is 7.11 Å². The maximum atomic E-state index is 13.5. The van der Waals surface area contributed by atoms with Gasteiger partial charge in [0.25, 0.3) is 0 Å². The van der Waals surface area contributed by atoms with E-state index in [2.05, 4.69) is 41.3 Å². The lowest BCUT2D eigenvalue weighted by molar-refractivity contribution is -0.139. The van der Waals surface area contributed by atoms with Gasteiger partial charge in [-0.2, -0.15) is 0 Å². The number of carbonyl (C=O) groups is 1. The number of esters is 1. The molecule has 5 nitrogen and oxygen atoms in total. The van der Waals surface area contributed by atoms with E-state index in [4.69, 9.17) is 0 Å². The first-order valence-corrected chi connectivity index (χ1v) is 8.13. The van der Waals surface area contributed by atoms with Gasteiger partial charge in [-0.15, -0.1) is 0 Å². The number of nitrogens with one attached hydrogen (secondary N) is 1. The van der Waals surface area contributed by atoms with E-state index in [1.54, 1.807) is 0 Å². The molecule has 0 aromatic heterocycles. The number of hydrogen-bond donors (Lipinski definition) is 1. The Hall–Kier alpha value is -0.510. The Balaban J connectivity index is 2.85. The number of carbonyl (C=O) groups excluding carboxylic acids is 1. The average molecular weight is 419 g/mol. The van der Waals surface area contributed by atoms with Gasteiger partial charge in [0.2, 0.25) is 10.0 Å². The monoisotopic (exact) mass is 417 g/mol. The predicted molar refractivity (Wildman–Crippen MR) is 74.0 cm³/mol. The molecule has 19 heavy (non-hydrogen) atoms. The minimum atomic E-state index is -4.03. The summed E-state index contributed by atoms with van der Waals surface area (Å²) in [6, 6.07) is 3.58. The summed E-state index contributed by atoms with van der Waals surface area (Å²) in [6.45, 7) is -0.246. The molecule has 1 unspecified atom stereocenters. The van der Waals surface area contributed by atoms with E-state index in [-0.39, 0.29) is 6.54 Å². The highest BCUT2D eigenvalue weighted by atomic mass is 79.9. The van der Waals surface area contributed by atoms with Crippen molar-refractivity contribution in [3.05, 3.63) is 28.5 Å². The molecule has 0 heterocycles. The fourth-order valence-corrected chi connectivity index (χ4v) is 3.17. The number of alkyl halides is 1. The summed E-state index contributed by atoms with van der Waals surface area (Å²) in [5.41, 5.74) is 0. The first kappa shape index (κ1) is 16.5. The molecule has 0 aliphatic heterocycles. The van der Waals surface area contributed by atoms with Crippen LogP contribution in [0.25, 0.3) is 0 Å². The predicted octanol–water partition coefficient (Wildman–Crippen LogP) is 1.80. The van der Waals surface area contributed by atoms with Crippen LogP contribution in [-0.4, -0.2) is 32.9 Å². The summed E-state index contributed by atoms with van der Waals surface area (Å²) >= 11 is 5.99. The van der Waals surface area contributed by atoms with Crippen LogP contribution in [0.15, 0.2) is 27.6 Å². The van der Waals surface area contributed by atoms with E-state index in [9.17, 15) is 17.6 Å². The fourth-order valence-electron chi connectivity index (χ4n) is 1.16. The van der Waals surface area contributed by atoms with Gasteiger partial charge in [-0.25, -0.2) is 17.5 Å². The van der Waals surface area contributed by atoms with Crippen molar-refractivity contribution in [1.82, 2.24) is 4.72 Å². The Bertz CT molecular complexity index is 579. The van der Waals surface area contributed by atoms with Crippen LogP contribution < -0.4 is 4.72 Å². The van der Waals surface area contributed by atoms with Crippen molar-refractivity contribution >= 4 is 47.9 Å². The molecule has 0 spiro atoms. The maximum Gasteiger partial charge on any atom is 0.320 e. The zero-order valence-corrected chi connectivity index (χ0v) is 13.7. The Morgan fingerprint density at radius 3 is 2.68 bits per heavy atom. The molecule has 0 saturated carbocycles. The van der Waals surface area contributed by atoms with Gasteiger partial charge in [0.15, 0.2) is 0 Å². The van der Waals surface area contributed by atoms with E-state index in [0.717, 1.165) is 12.1 Å². The van der Waals surface area contributed by atoms with Gasteiger partial charge < -0.3 is 4.74 Å². The quantitative estimate of drug-likeness (QED) is 0.584. The van der Waals surface area contributed by atoms with E-state index in [1.165, 1.54) is 13.2 Å². The van der Waals surface area contributed by atoms with Crippen LogP contribution in [0.4, 0.5) is 4.39 Å². The van der Waals surface area contributed by atoms with Gasteiger partial charge >= 0.3 is 5.97 Å². The molecular formula is C10H10Br2FNO4S. The van der Waals surface area contributed by atoms with Crippen molar-refractivity contribution in [2.24, 2.45) is 0 Å². The average Bonchev–Trinajstić information content (AvgIpc) is 2.34. The zero-order valence-electron chi connectivity index (χ0n) is 9.69. The molecule has 0 amide bonds. The van der Waals surface area contributed by atoms with Crippen molar-refractivity contribution in [2.45, 2.75) is 9.72 Å². The molecule has 0 radical (unpaired) electrons. The molecule has 9 heteroatoms. The second-order valence-electron chi connectivity index (χ2n) is 3.42. The Labute approximate surface area is 126 Å². The highest BCUT2D eigenvalue weighted by Crippen LogP contribution is 2.19. The van der Waals surface area contributed by atoms with Crippen molar-refractivity contribution in [3.63, 3.8) is 0 Å². The Morgan fingerprint density at radius 1 is 1.53 bits per heavy atom. The summed E-state index contributed by atoms with van der Waals surface area (Å²) in [7, 11) is -2.85. The third-order valence-electron chi connectivity index (χ3n) is 2.09. The van der Waals surface area contributed by atoms with Gasteiger partial charge in [0.1, 0.15) is 15.5 Å². The molecule has 106 valence electrons. The van der Waals surface area contributed by atoms with Crippen molar-refractivity contribution < 1.29 is 22.3 Å². The summed E-state index contributed by atoms with van der Waals surface area (Å²) in [6.07, 6.45) is 0. The first-order valence-electron chi connectivity index (χ1n) is 4.94. The van der Waals surface area contributed by atoms with Gasteiger partial charge in [-0.3, -0.25) is 4.79 Å². The summed E-state index contributed by atoms with van der Waals surface area (Å²) in [5, 5.41) is 0. The minimum Gasteiger partial charge on any atom is -0.468 e. The smallest absolute Gasteiger partial charge is 0.320 e. The molecule has 0 aliphatic rings. The molecule has 1 aromatic carbocycles. The first-order chi connectivity index (χ1) is 8.77. The lowest BCUT2D eigenvalue weighted by atomic mass is 10.3. The third-order valence-corrected chi connectivity index (χ3v) is 4.74. The second-order valence-corrected chi connectivity index (χ2v) is 7.17. The highest BCUT2D eigenvalue weighted by molar-refractivity contribution is 9.10. The number of benzene rings is 1. The molecule has 1 atom stereocenters. The maximum absolute atomic E-state index is 13.5. The van der Waals surface area contributed by atoms with Gasteiger partial charge in [-0.1, -0.05) is 31.9 Å². The third kappa shape index (κ3) is 4.51. The van der Waals surface area contributed by atoms with Crippen LogP contribution in [0.3, 0.4) is 0 Å². The van der Waals surface area contributed by atoms with Crippen molar-refractivity contribution in [1.29, 1.82) is 0 Å². The minimum absolute atomic E-state index is 0.246. The van der Waals surface area contributed by atoms with Crippen LogP contribution in [0.5, 0.6) is 0 Å². The number of methoxy groups -OCH3 is 1. The van der Waals surface area contributed by atoms with Gasteiger partial charge in [0, 0.05) is 11.0 Å². The number of ether oxygens (including phenoxy) is 1. The molecule has 1 N–H and O–H groups in total. The summed E-state index contributed by atoms with van der Waals surface area (Å²) in [5.74, 6) is -1.51. The number of rotatable bonds is 5. The standard InChI is InChI=1S/C10H10Br2FNO4S/c1-18-10(15)7(12)5-14-19(16,17)9-3-2-6(11)4-8(9)13/h2-4,7,14H,5H2,1H3. The van der Waals surface area contributed by atoms with E-state index >= 15 is 0 Å². The SMILES string of the molecule is COC(=O)C(Br)CNS(=O)(=O)c1ccc(Br)cc1F. The molecule has 1 aromatic rings. The molecule has 0 aliphatic carbocycles. The molecule has 1 rings (SSSR count). The van der Waals surface area contributed by atoms with Crippen LogP contribution in [0.1, 0.15) is 0 Å². The fraction of sp³-hybridized carbons (Fsp3) is 0.300. The Morgan fingerprint density at radius 2 is 2.16 bits per heavy atom.